The third-order valence-corrected chi connectivity index (χ3v) is 7.47. The van der Waals surface area contributed by atoms with E-state index in [-0.39, 0.29) is 18.7 Å². The summed E-state index contributed by atoms with van der Waals surface area (Å²) in [5.74, 6) is -1.21. The topological polar surface area (TPSA) is 108 Å². The standard InChI is InChI=1S/C23H28N4O4/c28-18-5-4-17(20(29)26-18)27-21(30)16-3-1-2-15(19(16)22(27)31)11-24-10-14-6-8-23(9-7-14)12-25-13-23/h1-3,14,17,24-25H,4-13H2,(H,26,28,29). The lowest BCUT2D eigenvalue weighted by Gasteiger charge is -2.47. The van der Waals surface area contributed by atoms with Crippen LogP contribution in [0.2, 0.25) is 0 Å². The Morgan fingerprint density at radius 2 is 1.81 bits per heavy atom. The summed E-state index contributed by atoms with van der Waals surface area (Å²) in [6.07, 6.45) is 5.30. The fourth-order valence-corrected chi connectivity index (χ4v) is 5.47. The number of hydrogen-bond acceptors (Lipinski definition) is 6. The van der Waals surface area contributed by atoms with Crippen LogP contribution in [0.1, 0.15) is 64.8 Å². The van der Waals surface area contributed by atoms with Crippen LogP contribution in [0.5, 0.6) is 0 Å². The maximum Gasteiger partial charge on any atom is 0.262 e. The molecule has 164 valence electrons. The van der Waals surface area contributed by atoms with Crippen molar-refractivity contribution < 1.29 is 19.2 Å². The van der Waals surface area contributed by atoms with Gasteiger partial charge in [0.15, 0.2) is 0 Å². The zero-order valence-corrected chi connectivity index (χ0v) is 17.5. The number of carbonyl (C=O) groups excluding carboxylic acids is 4. The Morgan fingerprint density at radius 3 is 2.48 bits per heavy atom. The zero-order chi connectivity index (χ0) is 21.6. The van der Waals surface area contributed by atoms with E-state index in [1.807, 2.05) is 6.07 Å². The molecule has 0 bridgehead atoms. The van der Waals surface area contributed by atoms with Gasteiger partial charge in [-0.2, -0.15) is 0 Å². The van der Waals surface area contributed by atoms with Gasteiger partial charge in [0, 0.05) is 26.1 Å². The Kier molecular flexibility index (Phi) is 5.14. The molecule has 3 N–H and O–H groups in total. The highest BCUT2D eigenvalue weighted by Gasteiger charge is 2.45. The number of nitrogens with zero attached hydrogens (tertiary/aromatic N) is 1. The predicted octanol–water partition coefficient (Wildman–Crippen LogP) is 0.957. The van der Waals surface area contributed by atoms with Crippen molar-refractivity contribution in [3.05, 3.63) is 34.9 Å². The molecule has 31 heavy (non-hydrogen) atoms. The Labute approximate surface area is 181 Å². The van der Waals surface area contributed by atoms with Gasteiger partial charge in [0.05, 0.1) is 11.1 Å². The second-order valence-electron chi connectivity index (χ2n) is 9.46. The summed E-state index contributed by atoms with van der Waals surface area (Å²) in [5.41, 5.74) is 2.04. The second-order valence-corrected chi connectivity index (χ2v) is 9.46. The van der Waals surface area contributed by atoms with Crippen LogP contribution in [-0.2, 0) is 16.1 Å². The van der Waals surface area contributed by atoms with E-state index in [2.05, 4.69) is 16.0 Å². The van der Waals surface area contributed by atoms with Crippen LogP contribution in [0.3, 0.4) is 0 Å². The van der Waals surface area contributed by atoms with Crippen molar-refractivity contribution >= 4 is 23.6 Å². The van der Waals surface area contributed by atoms with Crippen LogP contribution in [0.25, 0.3) is 0 Å². The first-order valence-electron chi connectivity index (χ1n) is 11.2. The van der Waals surface area contributed by atoms with Gasteiger partial charge in [-0.1, -0.05) is 12.1 Å². The fourth-order valence-electron chi connectivity index (χ4n) is 5.47. The average molecular weight is 425 g/mol. The maximum absolute atomic E-state index is 13.1. The smallest absolute Gasteiger partial charge is 0.262 e. The molecular weight excluding hydrogens is 396 g/mol. The molecule has 1 atom stereocenters. The first-order chi connectivity index (χ1) is 15.0. The Bertz CT molecular complexity index is 945. The van der Waals surface area contributed by atoms with E-state index >= 15 is 0 Å². The first-order valence-corrected chi connectivity index (χ1v) is 11.2. The van der Waals surface area contributed by atoms with Crippen molar-refractivity contribution in [2.75, 3.05) is 19.6 Å². The highest BCUT2D eigenvalue weighted by Crippen LogP contribution is 2.41. The monoisotopic (exact) mass is 424 g/mol. The van der Waals surface area contributed by atoms with Crippen LogP contribution in [0.15, 0.2) is 18.2 Å². The molecule has 0 radical (unpaired) electrons. The molecule has 8 nitrogen and oxygen atoms in total. The van der Waals surface area contributed by atoms with Crippen molar-refractivity contribution in [3.63, 3.8) is 0 Å². The number of fused-ring (bicyclic) bond motifs is 1. The summed E-state index contributed by atoms with van der Waals surface area (Å²) >= 11 is 0. The van der Waals surface area contributed by atoms with Gasteiger partial charge in [0.25, 0.3) is 11.8 Å². The minimum Gasteiger partial charge on any atom is -0.316 e. The van der Waals surface area contributed by atoms with Crippen LogP contribution < -0.4 is 16.0 Å². The lowest BCUT2D eigenvalue weighted by Crippen LogP contribution is -2.55. The van der Waals surface area contributed by atoms with Gasteiger partial charge < -0.3 is 10.6 Å². The zero-order valence-electron chi connectivity index (χ0n) is 17.5. The van der Waals surface area contributed by atoms with Gasteiger partial charge in [0.1, 0.15) is 6.04 Å². The summed E-state index contributed by atoms with van der Waals surface area (Å²) in [6.45, 7) is 3.72. The molecule has 0 aromatic heterocycles. The SMILES string of the molecule is O=C1CCC(N2C(=O)c3cccc(CNCC4CCC5(CC4)CNC5)c3C2=O)C(=O)N1. The Balaban J connectivity index is 1.24. The Hall–Kier alpha value is -2.58. The number of rotatable bonds is 5. The number of benzene rings is 1. The van der Waals surface area contributed by atoms with Gasteiger partial charge >= 0.3 is 0 Å². The van der Waals surface area contributed by atoms with Gasteiger partial charge in [-0.05, 0) is 61.6 Å². The van der Waals surface area contributed by atoms with E-state index in [0.29, 0.717) is 29.0 Å². The van der Waals surface area contributed by atoms with Crippen molar-refractivity contribution in [1.82, 2.24) is 20.9 Å². The van der Waals surface area contributed by atoms with Crippen LogP contribution in [0.4, 0.5) is 0 Å². The average Bonchev–Trinajstić information content (AvgIpc) is 2.99. The normalized spacial score (nSPS) is 25.5. The molecule has 1 aromatic rings. The van der Waals surface area contributed by atoms with Gasteiger partial charge in [-0.3, -0.25) is 29.4 Å². The van der Waals surface area contributed by atoms with E-state index in [1.165, 1.54) is 25.7 Å². The molecule has 5 rings (SSSR count). The van der Waals surface area contributed by atoms with Crippen molar-refractivity contribution in [3.8, 4) is 0 Å². The third kappa shape index (κ3) is 3.57. The van der Waals surface area contributed by atoms with Gasteiger partial charge in [0.2, 0.25) is 11.8 Å². The largest absolute Gasteiger partial charge is 0.316 e. The molecule has 8 heteroatoms. The number of amides is 4. The van der Waals surface area contributed by atoms with Gasteiger partial charge in [-0.15, -0.1) is 0 Å². The highest BCUT2D eigenvalue weighted by molar-refractivity contribution is 6.24. The minimum atomic E-state index is -0.929. The molecule has 1 saturated carbocycles. The van der Waals surface area contributed by atoms with Crippen LogP contribution >= 0.6 is 0 Å². The van der Waals surface area contributed by atoms with Crippen molar-refractivity contribution in [2.24, 2.45) is 11.3 Å². The van der Waals surface area contributed by atoms with Gasteiger partial charge in [-0.25, -0.2) is 0 Å². The first kappa shape index (κ1) is 20.3. The molecule has 4 amide bonds. The summed E-state index contributed by atoms with van der Waals surface area (Å²) in [5, 5.41) is 9.11. The highest BCUT2D eigenvalue weighted by atomic mass is 16.2. The van der Waals surface area contributed by atoms with E-state index in [9.17, 15) is 19.2 Å². The third-order valence-electron chi connectivity index (χ3n) is 7.47. The molecule has 4 aliphatic rings. The number of carbonyl (C=O) groups is 4. The summed E-state index contributed by atoms with van der Waals surface area (Å²) in [7, 11) is 0. The van der Waals surface area contributed by atoms with E-state index in [0.717, 1.165) is 30.1 Å². The summed E-state index contributed by atoms with van der Waals surface area (Å²) in [6, 6.07) is 4.35. The molecule has 1 unspecified atom stereocenters. The minimum absolute atomic E-state index is 0.122. The molecule has 1 aromatic carbocycles. The molecule has 3 aliphatic heterocycles. The number of imide groups is 2. The van der Waals surface area contributed by atoms with Crippen molar-refractivity contribution in [1.29, 1.82) is 0 Å². The van der Waals surface area contributed by atoms with E-state index in [1.54, 1.807) is 12.1 Å². The van der Waals surface area contributed by atoms with Crippen molar-refractivity contribution in [2.45, 2.75) is 51.1 Å². The fraction of sp³-hybridized carbons (Fsp3) is 0.565. The number of hydrogen-bond donors (Lipinski definition) is 3. The lowest BCUT2D eigenvalue weighted by atomic mass is 9.67. The summed E-state index contributed by atoms with van der Waals surface area (Å²) < 4.78 is 0. The molecule has 3 fully saturated rings. The molecule has 2 saturated heterocycles. The van der Waals surface area contributed by atoms with Crippen LogP contribution in [0, 0.1) is 11.3 Å². The number of piperidine rings is 1. The van der Waals surface area contributed by atoms with Crippen LogP contribution in [-0.4, -0.2) is 54.2 Å². The summed E-state index contributed by atoms with van der Waals surface area (Å²) in [4.78, 5) is 50.8. The molecule has 1 aliphatic carbocycles. The maximum atomic E-state index is 13.1. The molecule has 3 heterocycles. The molecular formula is C23H28N4O4. The second kappa shape index (κ2) is 7.84. The number of nitrogens with one attached hydrogen (secondary N) is 3. The Morgan fingerprint density at radius 1 is 1.03 bits per heavy atom. The van der Waals surface area contributed by atoms with E-state index < -0.39 is 23.8 Å². The van der Waals surface area contributed by atoms with E-state index in [4.69, 9.17) is 0 Å². The quantitative estimate of drug-likeness (QED) is 0.608. The lowest BCUT2D eigenvalue weighted by molar-refractivity contribution is -0.136. The molecule has 1 spiro atoms. The predicted molar refractivity (Wildman–Crippen MR) is 112 cm³/mol.